The Hall–Kier alpha value is -3.30. The van der Waals surface area contributed by atoms with E-state index >= 15 is 0 Å². The summed E-state index contributed by atoms with van der Waals surface area (Å²) >= 11 is 0. The second kappa shape index (κ2) is 12.3. The van der Waals surface area contributed by atoms with Crippen molar-refractivity contribution in [3.63, 3.8) is 0 Å². The average molecular weight is 564 g/mol. The monoisotopic (exact) mass is 563 g/mol. The molecule has 1 saturated carbocycles. The van der Waals surface area contributed by atoms with Crippen molar-refractivity contribution in [3.8, 4) is 11.5 Å². The molecule has 7 nitrogen and oxygen atoms in total. The number of ether oxygens (including phenoxy) is 2. The minimum atomic E-state index is -0.736. The molecule has 3 aromatic rings. The number of nitrogens with one attached hydrogen (secondary N) is 1. The fourth-order valence-electron chi connectivity index (χ4n) is 6.19. The van der Waals surface area contributed by atoms with Gasteiger partial charge in [-0.25, -0.2) is 18.7 Å². The quantitative estimate of drug-likeness (QED) is 0.331. The van der Waals surface area contributed by atoms with Crippen LogP contribution in [0.15, 0.2) is 42.7 Å². The van der Waals surface area contributed by atoms with Crippen molar-refractivity contribution in [2.75, 3.05) is 45.7 Å². The fourth-order valence-corrected chi connectivity index (χ4v) is 6.19. The molecule has 9 heteroatoms. The Bertz CT molecular complexity index is 1320. The summed E-state index contributed by atoms with van der Waals surface area (Å²) in [4.78, 5) is 13.8. The lowest BCUT2D eigenvalue weighted by Gasteiger charge is -2.41. The molecule has 3 fully saturated rings. The molecule has 3 aliphatic rings. The molecule has 2 aromatic carbocycles. The summed E-state index contributed by atoms with van der Waals surface area (Å²) in [5, 5.41) is 3.22. The van der Waals surface area contributed by atoms with Crippen LogP contribution < -0.4 is 14.8 Å². The SMILES string of the molecule is COc1cc(C2CC2)c(F)c(COc2cnc(Nc3ccc(C4CCN(C5CCN(C)CC5)CC4)cc3)nc2)c1F. The van der Waals surface area contributed by atoms with Crippen molar-refractivity contribution in [2.45, 2.75) is 63.0 Å². The molecule has 0 spiro atoms. The summed E-state index contributed by atoms with van der Waals surface area (Å²) < 4.78 is 40.5. The van der Waals surface area contributed by atoms with E-state index in [1.54, 1.807) is 0 Å². The predicted molar refractivity (Wildman–Crippen MR) is 155 cm³/mol. The second-order valence-corrected chi connectivity index (χ2v) is 11.7. The van der Waals surface area contributed by atoms with Crippen molar-refractivity contribution < 1.29 is 18.3 Å². The van der Waals surface area contributed by atoms with E-state index < -0.39 is 11.6 Å². The number of hydrogen-bond acceptors (Lipinski definition) is 7. The molecular weight excluding hydrogens is 524 g/mol. The van der Waals surface area contributed by atoms with Crippen LogP contribution in [0.3, 0.4) is 0 Å². The van der Waals surface area contributed by atoms with E-state index in [4.69, 9.17) is 9.47 Å². The number of piperidine rings is 2. The van der Waals surface area contributed by atoms with Crippen molar-refractivity contribution in [2.24, 2.45) is 0 Å². The Morgan fingerprint density at radius 2 is 1.56 bits per heavy atom. The Morgan fingerprint density at radius 3 is 2.20 bits per heavy atom. The van der Waals surface area contributed by atoms with Crippen LogP contribution in [-0.4, -0.2) is 66.1 Å². The van der Waals surface area contributed by atoms with E-state index in [9.17, 15) is 8.78 Å². The number of aromatic nitrogens is 2. The van der Waals surface area contributed by atoms with Crippen molar-refractivity contribution >= 4 is 11.6 Å². The topological polar surface area (TPSA) is 62.8 Å². The van der Waals surface area contributed by atoms with Gasteiger partial charge in [0.1, 0.15) is 12.4 Å². The van der Waals surface area contributed by atoms with Crippen molar-refractivity contribution in [1.29, 1.82) is 0 Å². The maximum atomic E-state index is 15.0. The molecule has 0 radical (unpaired) electrons. The van der Waals surface area contributed by atoms with Crippen LogP contribution in [-0.2, 0) is 6.61 Å². The van der Waals surface area contributed by atoms with E-state index in [-0.39, 0.29) is 23.8 Å². The average Bonchev–Trinajstić information content (AvgIpc) is 3.85. The third-order valence-corrected chi connectivity index (χ3v) is 8.91. The first kappa shape index (κ1) is 27.8. The molecule has 1 aromatic heterocycles. The third kappa shape index (κ3) is 6.46. The van der Waals surface area contributed by atoms with Gasteiger partial charge in [-0.1, -0.05) is 12.1 Å². The van der Waals surface area contributed by atoms with Crippen molar-refractivity contribution in [3.05, 3.63) is 71.1 Å². The van der Waals surface area contributed by atoms with Crippen LogP contribution in [0.5, 0.6) is 11.5 Å². The first-order chi connectivity index (χ1) is 20.0. The van der Waals surface area contributed by atoms with E-state index in [1.165, 1.54) is 83.0 Å². The van der Waals surface area contributed by atoms with Gasteiger partial charge >= 0.3 is 0 Å². The second-order valence-electron chi connectivity index (χ2n) is 11.7. The summed E-state index contributed by atoms with van der Waals surface area (Å²) in [6.45, 7) is 4.51. The highest BCUT2D eigenvalue weighted by Gasteiger charge is 2.31. The number of nitrogens with zero attached hydrogens (tertiary/aromatic N) is 4. The van der Waals surface area contributed by atoms with Gasteiger partial charge in [-0.3, -0.25) is 0 Å². The molecule has 1 aliphatic carbocycles. The van der Waals surface area contributed by atoms with Gasteiger partial charge in [-0.05, 0) is 113 Å². The molecule has 218 valence electrons. The number of benzene rings is 2. The Morgan fingerprint density at radius 1 is 0.878 bits per heavy atom. The summed E-state index contributed by atoms with van der Waals surface area (Å²) in [6.07, 6.45) is 9.78. The zero-order chi connectivity index (χ0) is 28.3. The largest absolute Gasteiger partial charge is 0.494 e. The number of halogens is 2. The minimum absolute atomic E-state index is 0.0341. The van der Waals surface area contributed by atoms with Gasteiger partial charge in [-0.15, -0.1) is 0 Å². The number of rotatable bonds is 9. The van der Waals surface area contributed by atoms with Gasteiger partial charge in [0.2, 0.25) is 5.95 Å². The van der Waals surface area contributed by atoms with E-state index in [1.807, 2.05) is 0 Å². The lowest BCUT2D eigenvalue weighted by Crippen LogP contribution is -2.46. The lowest BCUT2D eigenvalue weighted by atomic mass is 9.88. The predicted octanol–water partition coefficient (Wildman–Crippen LogP) is 6.24. The molecule has 0 atom stereocenters. The van der Waals surface area contributed by atoms with Gasteiger partial charge < -0.3 is 24.6 Å². The molecule has 1 N–H and O–H groups in total. The Balaban J connectivity index is 1.01. The van der Waals surface area contributed by atoms with Gasteiger partial charge in [0, 0.05) is 11.7 Å². The fraction of sp³-hybridized carbons (Fsp3) is 0.500. The van der Waals surface area contributed by atoms with Gasteiger partial charge in [0.05, 0.1) is 25.1 Å². The van der Waals surface area contributed by atoms with Crippen LogP contribution in [0.25, 0.3) is 0 Å². The molecule has 2 aliphatic heterocycles. The van der Waals surface area contributed by atoms with Gasteiger partial charge in [-0.2, -0.15) is 0 Å². The molecule has 0 bridgehead atoms. The molecular formula is C32H39F2N5O2. The summed E-state index contributed by atoms with van der Waals surface area (Å²) in [5.74, 6) is 0.202. The summed E-state index contributed by atoms with van der Waals surface area (Å²) in [7, 11) is 3.60. The minimum Gasteiger partial charge on any atom is -0.494 e. The molecule has 0 unspecified atom stereocenters. The normalized spacial score (nSPS) is 19.3. The van der Waals surface area contributed by atoms with Gasteiger partial charge in [0.25, 0.3) is 0 Å². The molecule has 41 heavy (non-hydrogen) atoms. The smallest absolute Gasteiger partial charge is 0.227 e. The lowest BCUT2D eigenvalue weighted by molar-refractivity contribution is 0.0966. The van der Waals surface area contributed by atoms with Crippen LogP contribution in [0.1, 0.15) is 67.1 Å². The van der Waals surface area contributed by atoms with E-state index in [0.29, 0.717) is 23.2 Å². The molecule has 2 saturated heterocycles. The number of likely N-dealkylation sites (tertiary alicyclic amines) is 2. The summed E-state index contributed by atoms with van der Waals surface area (Å²) in [5.41, 5.74) is 2.63. The highest BCUT2D eigenvalue weighted by atomic mass is 19.1. The summed E-state index contributed by atoms with van der Waals surface area (Å²) in [6, 6.07) is 10.7. The number of hydrogen-bond donors (Lipinski definition) is 1. The number of methoxy groups -OCH3 is 1. The molecule has 0 amide bonds. The maximum Gasteiger partial charge on any atom is 0.227 e. The Labute approximate surface area is 240 Å². The van der Waals surface area contributed by atoms with Crippen LogP contribution in [0.4, 0.5) is 20.4 Å². The zero-order valence-electron chi connectivity index (χ0n) is 23.9. The van der Waals surface area contributed by atoms with Crippen LogP contribution >= 0.6 is 0 Å². The third-order valence-electron chi connectivity index (χ3n) is 8.91. The van der Waals surface area contributed by atoms with E-state index in [2.05, 4.69) is 56.4 Å². The van der Waals surface area contributed by atoms with E-state index in [0.717, 1.165) is 24.6 Å². The van der Waals surface area contributed by atoms with Gasteiger partial charge in [0.15, 0.2) is 17.3 Å². The Kier molecular flexibility index (Phi) is 8.35. The maximum absolute atomic E-state index is 15.0. The zero-order valence-corrected chi connectivity index (χ0v) is 23.9. The highest BCUT2D eigenvalue weighted by Crippen LogP contribution is 2.44. The number of anilines is 2. The first-order valence-electron chi connectivity index (χ1n) is 14.8. The molecule has 3 heterocycles. The highest BCUT2D eigenvalue weighted by molar-refractivity contribution is 5.54. The van der Waals surface area contributed by atoms with Crippen LogP contribution in [0, 0.1) is 11.6 Å². The standard InChI is InChI=1S/C32H39F2N5O2/c1-38-13-11-25(12-14-38)39-15-9-22(10-16-39)21-5-7-24(8-6-21)37-32-35-18-26(19-36-32)41-20-28-30(33)27(23-3-4-23)17-29(40-2)31(28)34/h5-8,17-19,22-23,25H,3-4,9-16,20H2,1-2H3,(H,35,36,37). The van der Waals surface area contributed by atoms with Crippen LogP contribution in [0.2, 0.25) is 0 Å². The van der Waals surface area contributed by atoms with Crippen molar-refractivity contribution in [1.82, 2.24) is 19.8 Å². The first-order valence-corrected chi connectivity index (χ1v) is 14.8. The molecule has 6 rings (SSSR count).